The standard InChI is InChI=1S/C68H127N2O7P/c1-7-10-13-16-19-22-25-27-29-31-32-33-34-35-36-37-38-39-41-43-46-49-52-55-58-61-68(72)77-66(59-56-53-50-47-44-24-21-18-15-12-9-3)65(64-76-78(73,74)75-63-62-70(4,5)6)69-67(71)60-57-54-51-48-45-42-40-30-28-26-23-20-17-14-11-8-2/h19,22,27,29-30,32-33,40,56,59,65-66H,7-18,20-21,23-26,28,31,34-39,41-55,57-58,60-64H2,1-6H3,(H-,69,71,73,74)/p+1/b22-19-,29-27-,33-32-,40-30+,59-56-. The van der Waals surface area contributed by atoms with Crippen molar-refractivity contribution in [3.8, 4) is 0 Å². The van der Waals surface area contributed by atoms with Crippen LogP contribution in [0.2, 0.25) is 0 Å². The average Bonchev–Trinajstić information content (AvgIpc) is 3.41. The van der Waals surface area contributed by atoms with Gasteiger partial charge in [0.2, 0.25) is 5.91 Å². The molecule has 2 N–H and O–H groups in total. The summed E-state index contributed by atoms with van der Waals surface area (Å²) in [5.41, 5.74) is 0. The number of hydrogen-bond donors (Lipinski definition) is 2. The number of allylic oxidation sites excluding steroid dienone is 9. The molecule has 3 unspecified atom stereocenters. The van der Waals surface area contributed by atoms with Crippen LogP contribution in [0.4, 0.5) is 0 Å². The fraction of sp³-hybridized carbons (Fsp3) is 0.824. The second-order valence-electron chi connectivity index (χ2n) is 23.6. The molecule has 1 amide bonds. The van der Waals surface area contributed by atoms with E-state index in [1.165, 1.54) is 186 Å². The Bertz CT molecular complexity index is 1520. The Kier molecular flexibility index (Phi) is 56.2. The SMILES string of the molecule is CCCCC/C=C\C/C=C\C/C=C\CCCCCCCCCCCCCCC(=O)OC(/C=C\CCCCCCCCCCC)C(COP(=O)(O)OCC[N+](C)(C)C)NC(=O)CCCCCCC/C=C/CCCCCCCCC. The van der Waals surface area contributed by atoms with E-state index in [9.17, 15) is 19.0 Å². The van der Waals surface area contributed by atoms with E-state index < -0.39 is 20.0 Å². The molecule has 0 aromatic heterocycles. The maximum atomic E-state index is 13.5. The summed E-state index contributed by atoms with van der Waals surface area (Å²) in [7, 11) is 1.49. The van der Waals surface area contributed by atoms with Crippen molar-refractivity contribution in [1.29, 1.82) is 0 Å². The molecule has 78 heavy (non-hydrogen) atoms. The van der Waals surface area contributed by atoms with Gasteiger partial charge in [-0.05, 0) is 96.0 Å². The van der Waals surface area contributed by atoms with Crippen LogP contribution in [0.5, 0.6) is 0 Å². The summed E-state index contributed by atoms with van der Waals surface area (Å²) in [6.45, 7) is 6.99. The van der Waals surface area contributed by atoms with Crippen molar-refractivity contribution >= 4 is 19.7 Å². The molecule has 10 heteroatoms. The molecule has 0 heterocycles. The third kappa shape index (κ3) is 58.4. The predicted molar refractivity (Wildman–Crippen MR) is 337 cm³/mol. The number of quaternary nitrogens is 1. The van der Waals surface area contributed by atoms with Crippen molar-refractivity contribution in [3.05, 3.63) is 60.8 Å². The summed E-state index contributed by atoms with van der Waals surface area (Å²) >= 11 is 0. The minimum absolute atomic E-state index is 0.0381. The van der Waals surface area contributed by atoms with E-state index >= 15 is 0 Å². The van der Waals surface area contributed by atoms with E-state index in [4.69, 9.17) is 13.8 Å². The van der Waals surface area contributed by atoms with Crippen LogP contribution in [0.15, 0.2) is 60.8 Å². The minimum atomic E-state index is -4.45. The summed E-state index contributed by atoms with van der Waals surface area (Å²) < 4.78 is 30.7. The summed E-state index contributed by atoms with van der Waals surface area (Å²) in [6, 6.07) is -0.853. The van der Waals surface area contributed by atoms with Gasteiger partial charge in [0.15, 0.2) is 0 Å². The average molecular weight is 1120 g/mol. The molecule has 0 aliphatic heterocycles. The van der Waals surface area contributed by atoms with Gasteiger partial charge in [-0.15, -0.1) is 0 Å². The summed E-state index contributed by atoms with van der Waals surface area (Å²) in [4.78, 5) is 37.7. The Morgan fingerprint density at radius 3 is 1.21 bits per heavy atom. The molecule has 0 rings (SSSR count). The van der Waals surface area contributed by atoms with Gasteiger partial charge in [-0.2, -0.15) is 0 Å². The normalized spacial score (nSPS) is 14.0. The Balaban J connectivity index is 5.08. The Morgan fingerprint density at radius 2 is 0.782 bits per heavy atom. The Hall–Kier alpha value is -2.29. The predicted octanol–water partition coefficient (Wildman–Crippen LogP) is 20.6. The van der Waals surface area contributed by atoms with Crippen LogP contribution in [0.1, 0.15) is 310 Å². The molecule has 0 aliphatic carbocycles. The number of amides is 1. The van der Waals surface area contributed by atoms with Gasteiger partial charge in [-0.3, -0.25) is 18.6 Å². The molecule has 0 saturated carbocycles. The van der Waals surface area contributed by atoms with Crippen LogP contribution in [-0.2, 0) is 27.9 Å². The highest BCUT2D eigenvalue weighted by molar-refractivity contribution is 7.47. The van der Waals surface area contributed by atoms with Gasteiger partial charge < -0.3 is 19.4 Å². The van der Waals surface area contributed by atoms with Gasteiger partial charge >= 0.3 is 13.8 Å². The molecule has 0 aromatic rings. The second-order valence-corrected chi connectivity index (χ2v) is 25.1. The lowest BCUT2D eigenvalue weighted by Gasteiger charge is -2.27. The lowest BCUT2D eigenvalue weighted by Crippen LogP contribution is -2.47. The summed E-state index contributed by atoms with van der Waals surface area (Å²) in [5, 5.41) is 3.06. The second kappa shape index (κ2) is 57.9. The maximum Gasteiger partial charge on any atom is 0.472 e. The first-order chi connectivity index (χ1) is 37.9. The van der Waals surface area contributed by atoms with Crippen molar-refractivity contribution in [2.24, 2.45) is 0 Å². The number of esters is 1. The maximum absolute atomic E-state index is 13.5. The van der Waals surface area contributed by atoms with Crippen molar-refractivity contribution in [3.63, 3.8) is 0 Å². The molecule has 0 fully saturated rings. The summed E-state index contributed by atoms with van der Waals surface area (Å²) in [5.74, 6) is -0.509. The number of carbonyl (C=O) groups is 2. The van der Waals surface area contributed by atoms with Gasteiger partial charge in [0.05, 0.1) is 33.8 Å². The number of unbranched alkanes of at least 4 members (excludes halogenated alkanes) is 36. The number of ether oxygens (including phenoxy) is 1. The Morgan fingerprint density at radius 1 is 0.449 bits per heavy atom. The largest absolute Gasteiger partial charge is 0.472 e. The molecule has 0 spiro atoms. The smallest absolute Gasteiger partial charge is 0.456 e. The van der Waals surface area contributed by atoms with E-state index in [0.29, 0.717) is 17.4 Å². The minimum Gasteiger partial charge on any atom is -0.456 e. The number of nitrogens with zero attached hydrogens (tertiary/aromatic N) is 1. The molecular formula is C68H128N2O7P+. The van der Waals surface area contributed by atoms with Crippen LogP contribution < -0.4 is 5.32 Å². The number of rotatable bonds is 60. The van der Waals surface area contributed by atoms with Gasteiger partial charge in [0.1, 0.15) is 19.3 Å². The fourth-order valence-electron chi connectivity index (χ4n) is 9.53. The first-order valence-electron chi connectivity index (χ1n) is 33.1. The van der Waals surface area contributed by atoms with Gasteiger partial charge in [0.25, 0.3) is 0 Å². The highest BCUT2D eigenvalue weighted by atomic mass is 31.2. The van der Waals surface area contributed by atoms with Gasteiger partial charge in [-0.1, -0.05) is 262 Å². The lowest BCUT2D eigenvalue weighted by molar-refractivity contribution is -0.870. The van der Waals surface area contributed by atoms with E-state index in [0.717, 1.165) is 89.9 Å². The molecule has 0 aromatic carbocycles. The molecular weight excluding hydrogens is 988 g/mol. The first kappa shape index (κ1) is 75.7. The molecule has 3 atom stereocenters. The van der Waals surface area contributed by atoms with Crippen LogP contribution in [0.3, 0.4) is 0 Å². The zero-order chi connectivity index (χ0) is 57.2. The zero-order valence-electron chi connectivity index (χ0n) is 52.2. The molecule has 456 valence electrons. The van der Waals surface area contributed by atoms with E-state index in [1.54, 1.807) is 0 Å². The number of hydrogen-bond acceptors (Lipinski definition) is 6. The molecule has 0 bridgehead atoms. The van der Waals surface area contributed by atoms with Gasteiger partial charge in [0, 0.05) is 12.8 Å². The van der Waals surface area contributed by atoms with E-state index in [2.05, 4.69) is 74.7 Å². The third-order valence-electron chi connectivity index (χ3n) is 14.7. The summed E-state index contributed by atoms with van der Waals surface area (Å²) in [6.07, 6.45) is 73.7. The highest BCUT2D eigenvalue weighted by Gasteiger charge is 2.30. The number of phosphoric ester groups is 1. The van der Waals surface area contributed by atoms with Crippen molar-refractivity contribution in [2.75, 3.05) is 40.9 Å². The molecule has 0 radical (unpaired) electrons. The van der Waals surface area contributed by atoms with Crippen molar-refractivity contribution < 1.29 is 37.3 Å². The quantitative estimate of drug-likeness (QED) is 0.0205. The van der Waals surface area contributed by atoms with Crippen molar-refractivity contribution in [2.45, 2.75) is 322 Å². The lowest BCUT2D eigenvalue weighted by atomic mass is 10.0. The van der Waals surface area contributed by atoms with E-state index in [-0.39, 0.29) is 31.5 Å². The molecule has 9 nitrogen and oxygen atoms in total. The first-order valence-corrected chi connectivity index (χ1v) is 34.6. The number of nitrogens with one attached hydrogen (secondary N) is 1. The monoisotopic (exact) mass is 1120 g/mol. The zero-order valence-corrected chi connectivity index (χ0v) is 53.1. The van der Waals surface area contributed by atoms with Crippen LogP contribution in [0.25, 0.3) is 0 Å². The van der Waals surface area contributed by atoms with E-state index in [1.807, 2.05) is 33.3 Å². The molecule has 0 saturated heterocycles. The number of carbonyl (C=O) groups excluding carboxylic acids is 2. The Labute approximate surface area is 483 Å². The third-order valence-corrected chi connectivity index (χ3v) is 15.7. The number of phosphoric acid groups is 1. The topological polar surface area (TPSA) is 111 Å². The van der Waals surface area contributed by atoms with Gasteiger partial charge in [-0.25, -0.2) is 4.57 Å². The highest BCUT2D eigenvalue weighted by Crippen LogP contribution is 2.43. The van der Waals surface area contributed by atoms with Crippen molar-refractivity contribution in [1.82, 2.24) is 5.32 Å². The molecule has 0 aliphatic rings. The van der Waals surface area contributed by atoms with Crippen LogP contribution >= 0.6 is 7.82 Å². The van der Waals surface area contributed by atoms with Crippen LogP contribution in [-0.4, -0.2) is 74.3 Å². The fourth-order valence-corrected chi connectivity index (χ4v) is 10.3. The van der Waals surface area contributed by atoms with Crippen LogP contribution in [0, 0.1) is 0 Å². The number of likely N-dealkylation sites (N-methyl/N-ethyl adjacent to an activating group) is 1.